The molecule has 1 N–H and O–H groups in total. The maximum Gasteiger partial charge on any atom is 0.161 e. The third-order valence-electron chi connectivity index (χ3n) is 3.45. The van der Waals surface area contributed by atoms with Crippen molar-refractivity contribution >= 4 is 9.84 Å². The van der Waals surface area contributed by atoms with Crippen LogP contribution in [0, 0.1) is 0 Å². The summed E-state index contributed by atoms with van der Waals surface area (Å²) in [6.45, 7) is 0.670. The van der Waals surface area contributed by atoms with E-state index in [1.807, 2.05) is 36.4 Å². The highest BCUT2D eigenvalue weighted by molar-refractivity contribution is 7.89. The molecule has 1 aromatic carbocycles. The first-order chi connectivity index (χ1) is 10.1. The monoisotopic (exact) mass is 305 g/mol. The maximum absolute atomic E-state index is 12.2. The Hall–Kier alpha value is -1.59. The Morgan fingerprint density at radius 3 is 2.43 bits per heavy atom. The minimum atomic E-state index is -3.21. The molecule has 2 aromatic rings. The molecular formula is C16H19NO3S. The lowest BCUT2D eigenvalue weighted by Crippen LogP contribution is -2.14. The first-order valence-corrected chi connectivity index (χ1v) is 8.98. The third kappa shape index (κ3) is 4.44. The van der Waals surface area contributed by atoms with E-state index in [-0.39, 0.29) is 11.5 Å². The number of furan rings is 1. The van der Waals surface area contributed by atoms with Gasteiger partial charge < -0.3 is 9.73 Å². The average Bonchev–Trinajstić information content (AvgIpc) is 3.17. The summed E-state index contributed by atoms with van der Waals surface area (Å²) in [6, 6.07) is 13.4. The molecule has 0 bridgehead atoms. The van der Waals surface area contributed by atoms with Crippen molar-refractivity contribution in [2.75, 3.05) is 0 Å². The Balaban J connectivity index is 1.59. The predicted octanol–water partition coefficient (Wildman–Crippen LogP) is 2.65. The van der Waals surface area contributed by atoms with Gasteiger partial charge in [-0.2, -0.15) is 0 Å². The quantitative estimate of drug-likeness (QED) is 0.854. The average molecular weight is 305 g/mol. The molecule has 0 amide bonds. The van der Waals surface area contributed by atoms with Gasteiger partial charge in [-0.3, -0.25) is 0 Å². The van der Waals surface area contributed by atoms with Crippen molar-refractivity contribution in [1.29, 1.82) is 0 Å². The fourth-order valence-corrected chi connectivity index (χ4v) is 3.61. The molecule has 0 radical (unpaired) electrons. The van der Waals surface area contributed by atoms with Crippen molar-refractivity contribution in [3.63, 3.8) is 0 Å². The Morgan fingerprint density at radius 1 is 1.00 bits per heavy atom. The highest BCUT2D eigenvalue weighted by atomic mass is 32.2. The Labute approximate surface area is 125 Å². The van der Waals surface area contributed by atoms with E-state index in [4.69, 9.17) is 4.42 Å². The summed E-state index contributed by atoms with van der Waals surface area (Å²) in [5.41, 5.74) is 0.805. The maximum atomic E-state index is 12.2. The SMILES string of the molecule is O=S(=O)(Cc1ccccc1)Cc1ccc(CNC2CC2)o1. The van der Waals surface area contributed by atoms with Gasteiger partial charge in [-0.15, -0.1) is 0 Å². The molecule has 5 heteroatoms. The molecule has 1 aliphatic carbocycles. The zero-order valence-corrected chi connectivity index (χ0v) is 12.6. The molecule has 0 saturated heterocycles. The number of hydrogen-bond donors (Lipinski definition) is 1. The van der Waals surface area contributed by atoms with Crippen molar-refractivity contribution in [3.05, 3.63) is 59.5 Å². The van der Waals surface area contributed by atoms with Crippen LogP contribution in [0.3, 0.4) is 0 Å². The second kappa shape index (κ2) is 6.03. The molecule has 1 heterocycles. The second-order valence-electron chi connectivity index (χ2n) is 5.54. The molecule has 0 aliphatic heterocycles. The standard InChI is InChI=1S/C16H19NO3S/c18-21(19,11-13-4-2-1-3-5-13)12-16-9-8-15(20-16)10-17-14-6-7-14/h1-5,8-9,14,17H,6-7,10-12H2. The molecule has 3 rings (SSSR count). The lowest BCUT2D eigenvalue weighted by atomic mass is 10.2. The highest BCUT2D eigenvalue weighted by Crippen LogP contribution is 2.20. The van der Waals surface area contributed by atoms with Gasteiger partial charge in [0.05, 0.1) is 12.3 Å². The molecule has 1 aromatic heterocycles. The minimum Gasteiger partial charge on any atom is -0.464 e. The molecular weight excluding hydrogens is 286 g/mol. The lowest BCUT2D eigenvalue weighted by Gasteiger charge is -2.03. The Bertz CT molecular complexity index is 687. The number of nitrogens with one attached hydrogen (secondary N) is 1. The van der Waals surface area contributed by atoms with Gasteiger partial charge in [0.15, 0.2) is 9.84 Å². The summed E-state index contributed by atoms with van der Waals surface area (Å²) in [4.78, 5) is 0. The van der Waals surface area contributed by atoms with Crippen LogP contribution in [-0.2, 0) is 27.9 Å². The normalized spacial score (nSPS) is 15.2. The van der Waals surface area contributed by atoms with E-state index in [1.54, 1.807) is 6.07 Å². The van der Waals surface area contributed by atoms with Gasteiger partial charge in [0.1, 0.15) is 17.3 Å². The van der Waals surface area contributed by atoms with Crippen LogP contribution in [0.5, 0.6) is 0 Å². The third-order valence-corrected chi connectivity index (χ3v) is 4.95. The largest absolute Gasteiger partial charge is 0.464 e. The van der Waals surface area contributed by atoms with Crippen LogP contribution < -0.4 is 5.32 Å². The summed E-state index contributed by atoms with van der Waals surface area (Å²) in [5.74, 6) is 1.31. The van der Waals surface area contributed by atoms with Gasteiger partial charge in [-0.25, -0.2) is 8.42 Å². The molecule has 21 heavy (non-hydrogen) atoms. The summed E-state index contributed by atoms with van der Waals surface area (Å²) in [6.07, 6.45) is 2.44. The fourth-order valence-electron chi connectivity index (χ4n) is 2.22. The van der Waals surface area contributed by atoms with Crippen molar-refractivity contribution in [2.24, 2.45) is 0 Å². The van der Waals surface area contributed by atoms with Crippen LogP contribution in [0.25, 0.3) is 0 Å². The first-order valence-electron chi connectivity index (χ1n) is 7.16. The molecule has 0 spiro atoms. The van der Waals surface area contributed by atoms with Gasteiger partial charge in [0.2, 0.25) is 0 Å². The van der Waals surface area contributed by atoms with Crippen molar-refractivity contribution < 1.29 is 12.8 Å². The fraction of sp³-hybridized carbons (Fsp3) is 0.375. The van der Waals surface area contributed by atoms with Gasteiger partial charge in [-0.05, 0) is 30.5 Å². The number of sulfone groups is 1. The number of benzene rings is 1. The van der Waals surface area contributed by atoms with Crippen molar-refractivity contribution in [2.45, 2.75) is 36.9 Å². The number of hydrogen-bond acceptors (Lipinski definition) is 4. The zero-order chi connectivity index (χ0) is 14.7. The smallest absolute Gasteiger partial charge is 0.161 e. The van der Waals surface area contributed by atoms with Crippen molar-refractivity contribution in [1.82, 2.24) is 5.32 Å². The lowest BCUT2D eigenvalue weighted by molar-refractivity contribution is 0.455. The minimum absolute atomic E-state index is 0.0458. The molecule has 1 saturated carbocycles. The summed E-state index contributed by atoms with van der Waals surface area (Å²) < 4.78 is 30.0. The molecule has 0 atom stereocenters. The Morgan fingerprint density at radius 2 is 1.71 bits per heavy atom. The van der Waals surface area contributed by atoms with E-state index in [1.165, 1.54) is 12.8 Å². The van der Waals surface area contributed by atoms with E-state index >= 15 is 0 Å². The molecule has 112 valence electrons. The van der Waals surface area contributed by atoms with Crippen LogP contribution in [0.1, 0.15) is 29.9 Å². The van der Waals surface area contributed by atoms with Crippen LogP contribution in [0.15, 0.2) is 46.9 Å². The van der Waals surface area contributed by atoms with E-state index in [9.17, 15) is 8.42 Å². The van der Waals surface area contributed by atoms with Crippen LogP contribution >= 0.6 is 0 Å². The highest BCUT2D eigenvalue weighted by Gasteiger charge is 2.21. The van der Waals surface area contributed by atoms with Crippen LogP contribution in [0.2, 0.25) is 0 Å². The van der Waals surface area contributed by atoms with E-state index in [2.05, 4.69) is 5.32 Å². The van der Waals surface area contributed by atoms with Gasteiger partial charge in [0.25, 0.3) is 0 Å². The van der Waals surface area contributed by atoms with E-state index in [0.29, 0.717) is 18.3 Å². The van der Waals surface area contributed by atoms with Crippen molar-refractivity contribution in [3.8, 4) is 0 Å². The predicted molar refractivity (Wildman–Crippen MR) is 81.3 cm³/mol. The van der Waals surface area contributed by atoms with Crippen LogP contribution in [-0.4, -0.2) is 14.5 Å². The van der Waals surface area contributed by atoms with Gasteiger partial charge >= 0.3 is 0 Å². The van der Waals surface area contributed by atoms with E-state index in [0.717, 1.165) is 11.3 Å². The number of rotatable bonds is 7. The molecule has 1 fully saturated rings. The van der Waals surface area contributed by atoms with Gasteiger partial charge in [0, 0.05) is 6.04 Å². The first kappa shape index (κ1) is 14.4. The summed E-state index contributed by atoms with van der Waals surface area (Å²) in [7, 11) is -3.21. The summed E-state index contributed by atoms with van der Waals surface area (Å²) in [5, 5.41) is 3.35. The van der Waals surface area contributed by atoms with E-state index < -0.39 is 9.84 Å². The molecule has 0 unspecified atom stereocenters. The molecule has 4 nitrogen and oxygen atoms in total. The summed E-state index contributed by atoms with van der Waals surface area (Å²) >= 11 is 0. The van der Waals surface area contributed by atoms with Crippen LogP contribution in [0.4, 0.5) is 0 Å². The molecule has 1 aliphatic rings. The second-order valence-corrected chi connectivity index (χ2v) is 7.61. The van der Waals surface area contributed by atoms with Gasteiger partial charge in [-0.1, -0.05) is 30.3 Å². The zero-order valence-electron chi connectivity index (χ0n) is 11.8. The topological polar surface area (TPSA) is 59.3 Å². The Kier molecular flexibility index (Phi) is 4.12.